The molecule has 2 aromatic heterocycles. The van der Waals surface area contributed by atoms with Gasteiger partial charge in [0.1, 0.15) is 11.5 Å². The van der Waals surface area contributed by atoms with Crippen molar-refractivity contribution in [2.45, 2.75) is 51.1 Å². The molecule has 2 heterocycles. The van der Waals surface area contributed by atoms with Gasteiger partial charge in [-0.05, 0) is 52.3 Å². The quantitative estimate of drug-likeness (QED) is 0.690. The van der Waals surface area contributed by atoms with Crippen molar-refractivity contribution in [3.63, 3.8) is 0 Å². The van der Waals surface area contributed by atoms with Crippen LogP contribution < -0.4 is 5.73 Å². The summed E-state index contributed by atoms with van der Waals surface area (Å²) < 4.78 is 5.71. The summed E-state index contributed by atoms with van der Waals surface area (Å²) >= 11 is 1.56. The van der Waals surface area contributed by atoms with Gasteiger partial charge in [-0.25, -0.2) is 9.97 Å². The van der Waals surface area contributed by atoms with E-state index in [0.717, 1.165) is 33.6 Å². The predicted molar refractivity (Wildman–Crippen MR) is 81.9 cm³/mol. The summed E-state index contributed by atoms with van der Waals surface area (Å²) in [6.45, 7) is 9.96. The number of furan rings is 1. The second-order valence-electron chi connectivity index (χ2n) is 5.15. The maximum Gasteiger partial charge on any atom is 0.188 e. The standard InChI is InChI=1S/C15H21N3OS/c1-8-6-7-13(19-8)14(10(3)16)20-15-17-11(4)9(2)12(5)18-15/h6-7,10,14H,16H2,1-5H3. The van der Waals surface area contributed by atoms with Crippen LogP contribution in [0.1, 0.15) is 40.6 Å². The molecular weight excluding hydrogens is 270 g/mol. The molecule has 0 bridgehead atoms. The lowest BCUT2D eigenvalue weighted by Gasteiger charge is -2.18. The molecule has 0 aliphatic rings. The van der Waals surface area contributed by atoms with Crippen LogP contribution in [0.3, 0.4) is 0 Å². The Labute approximate surface area is 124 Å². The van der Waals surface area contributed by atoms with Crippen LogP contribution in [-0.4, -0.2) is 16.0 Å². The van der Waals surface area contributed by atoms with Crippen molar-refractivity contribution in [1.29, 1.82) is 0 Å². The fourth-order valence-electron chi connectivity index (χ4n) is 1.94. The normalized spacial score (nSPS) is 14.3. The highest BCUT2D eigenvalue weighted by atomic mass is 32.2. The van der Waals surface area contributed by atoms with E-state index in [2.05, 4.69) is 9.97 Å². The average molecular weight is 291 g/mol. The van der Waals surface area contributed by atoms with E-state index in [-0.39, 0.29) is 11.3 Å². The van der Waals surface area contributed by atoms with Gasteiger partial charge in [-0.15, -0.1) is 0 Å². The number of aromatic nitrogens is 2. The van der Waals surface area contributed by atoms with Crippen molar-refractivity contribution in [2.24, 2.45) is 5.73 Å². The summed E-state index contributed by atoms with van der Waals surface area (Å²) in [5, 5.41) is 0.771. The summed E-state index contributed by atoms with van der Waals surface area (Å²) in [4.78, 5) is 9.09. The van der Waals surface area contributed by atoms with Crippen molar-refractivity contribution in [3.05, 3.63) is 40.6 Å². The van der Waals surface area contributed by atoms with Crippen LogP contribution in [0.5, 0.6) is 0 Å². The molecule has 108 valence electrons. The monoisotopic (exact) mass is 291 g/mol. The van der Waals surface area contributed by atoms with E-state index in [9.17, 15) is 0 Å². The molecule has 0 amide bonds. The summed E-state index contributed by atoms with van der Waals surface area (Å²) in [7, 11) is 0. The van der Waals surface area contributed by atoms with Crippen LogP contribution in [0.15, 0.2) is 21.7 Å². The van der Waals surface area contributed by atoms with Gasteiger partial charge in [0, 0.05) is 17.4 Å². The van der Waals surface area contributed by atoms with Gasteiger partial charge in [0.25, 0.3) is 0 Å². The Morgan fingerprint density at radius 3 is 2.15 bits per heavy atom. The van der Waals surface area contributed by atoms with Gasteiger partial charge >= 0.3 is 0 Å². The van der Waals surface area contributed by atoms with Crippen molar-refractivity contribution in [3.8, 4) is 0 Å². The number of aryl methyl sites for hydroxylation is 3. The fraction of sp³-hybridized carbons (Fsp3) is 0.467. The van der Waals surface area contributed by atoms with Crippen LogP contribution in [0.25, 0.3) is 0 Å². The van der Waals surface area contributed by atoms with Gasteiger partial charge < -0.3 is 10.2 Å². The number of thioether (sulfide) groups is 1. The minimum absolute atomic E-state index is 0.0187. The zero-order valence-corrected chi connectivity index (χ0v) is 13.4. The Morgan fingerprint density at radius 1 is 1.10 bits per heavy atom. The summed E-state index contributed by atoms with van der Waals surface area (Å²) in [6, 6.07) is 3.89. The fourth-order valence-corrected chi connectivity index (χ4v) is 3.00. The lowest BCUT2D eigenvalue weighted by molar-refractivity contribution is 0.464. The number of nitrogens with two attached hydrogens (primary N) is 1. The molecule has 2 N–H and O–H groups in total. The first-order valence-electron chi connectivity index (χ1n) is 6.69. The number of nitrogens with zero attached hydrogens (tertiary/aromatic N) is 2. The van der Waals surface area contributed by atoms with Crippen LogP contribution in [-0.2, 0) is 0 Å². The number of rotatable bonds is 4. The Hall–Kier alpha value is -1.33. The molecule has 2 unspecified atom stereocenters. The van der Waals surface area contributed by atoms with Gasteiger partial charge in [-0.3, -0.25) is 0 Å². The van der Waals surface area contributed by atoms with E-state index < -0.39 is 0 Å². The number of hydrogen-bond acceptors (Lipinski definition) is 5. The van der Waals surface area contributed by atoms with Crippen LogP contribution in [0.4, 0.5) is 0 Å². The van der Waals surface area contributed by atoms with Crippen LogP contribution in [0.2, 0.25) is 0 Å². The maximum absolute atomic E-state index is 6.10. The van der Waals surface area contributed by atoms with Crippen molar-refractivity contribution in [1.82, 2.24) is 9.97 Å². The Morgan fingerprint density at radius 2 is 1.70 bits per heavy atom. The largest absolute Gasteiger partial charge is 0.465 e. The van der Waals surface area contributed by atoms with Crippen molar-refractivity contribution >= 4 is 11.8 Å². The van der Waals surface area contributed by atoms with Crippen LogP contribution in [0, 0.1) is 27.7 Å². The molecule has 0 fully saturated rings. The molecule has 5 heteroatoms. The second kappa shape index (κ2) is 5.97. The number of hydrogen-bond donors (Lipinski definition) is 1. The first-order chi connectivity index (χ1) is 9.38. The molecule has 0 aromatic carbocycles. The molecule has 0 aliphatic carbocycles. The molecule has 20 heavy (non-hydrogen) atoms. The van der Waals surface area contributed by atoms with E-state index in [1.54, 1.807) is 11.8 Å². The highest BCUT2D eigenvalue weighted by molar-refractivity contribution is 7.99. The smallest absolute Gasteiger partial charge is 0.188 e. The Kier molecular flexibility index (Phi) is 4.50. The molecule has 0 saturated heterocycles. The highest BCUT2D eigenvalue weighted by Crippen LogP contribution is 2.36. The Bertz CT molecular complexity index is 584. The van der Waals surface area contributed by atoms with Crippen molar-refractivity contribution < 1.29 is 4.42 Å². The SMILES string of the molecule is Cc1ccc(C(Sc2nc(C)c(C)c(C)n2)C(C)N)o1. The predicted octanol–water partition coefficient (Wildman–Crippen LogP) is 3.48. The molecule has 2 rings (SSSR count). The maximum atomic E-state index is 6.10. The van der Waals surface area contributed by atoms with Gasteiger partial charge in [0.05, 0.1) is 5.25 Å². The first kappa shape index (κ1) is 15.1. The topological polar surface area (TPSA) is 64.9 Å². The molecule has 0 saturated carbocycles. The molecular formula is C15H21N3OS. The van der Waals surface area contributed by atoms with E-state index in [4.69, 9.17) is 10.2 Å². The van der Waals surface area contributed by atoms with E-state index in [1.807, 2.05) is 46.8 Å². The highest BCUT2D eigenvalue weighted by Gasteiger charge is 2.23. The minimum atomic E-state index is -0.0453. The summed E-state index contributed by atoms with van der Waals surface area (Å²) in [5.41, 5.74) is 9.26. The first-order valence-corrected chi connectivity index (χ1v) is 7.57. The van der Waals surface area contributed by atoms with E-state index in [1.165, 1.54) is 0 Å². The third kappa shape index (κ3) is 3.22. The third-order valence-corrected chi connectivity index (χ3v) is 4.67. The average Bonchev–Trinajstić information content (AvgIpc) is 2.79. The van der Waals surface area contributed by atoms with E-state index in [0.29, 0.717) is 0 Å². The van der Waals surface area contributed by atoms with E-state index >= 15 is 0 Å². The summed E-state index contributed by atoms with van der Waals surface area (Å²) in [6.07, 6.45) is 0. The molecule has 2 aromatic rings. The zero-order chi connectivity index (χ0) is 14.9. The third-order valence-electron chi connectivity index (χ3n) is 3.36. The van der Waals surface area contributed by atoms with Gasteiger partial charge in [0.2, 0.25) is 0 Å². The Balaban J connectivity index is 2.29. The van der Waals surface area contributed by atoms with Gasteiger partial charge in [-0.2, -0.15) is 0 Å². The molecule has 0 spiro atoms. The summed E-state index contributed by atoms with van der Waals surface area (Å²) in [5.74, 6) is 1.77. The van der Waals surface area contributed by atoms with Crippen molar-refractivity contribution in [2.75, 3.05) is 0 Å². The van der Waals surface area contributed by atoms with Crippen LogP contribution >= 0.6 is 11.8 Å². The molecule has 0 aliphatic heterocycles. The minimum Gasteiger partial charge on any atom is -0.465 e. The molecule has 4 nitrogen and oxygen atoms in total. The lowest BCUT2D eigenvalue weighted by atomic mass is 10.2. The molecule has 2 atom stereocenters. The van der Waals surface area contributed by atoms with Gasteiger partial charge in [-0.1, -0.05) is 11.8 Å². The molecule has 0 radical (unpaired) electrons. The lowest BCUT2D eigenvalue weighted by Crippen LogP contribution is -2.22. The zero-order valence-electron chi connectivity index (χ0n) is 12.6. The van der Waals surface area contributed by atoms with Gasteiger partial charge in [0.15, 0.2) is 5.16 Å². The second-order valence-corrected chi connectivity index (χ2v) is 6.26.